The normalized spacial score (nSPS) is 16.6. The van der Waals surface area contributed by atoms with Gasteiger partial charge in [0.05, 0.1) is 0 Å². The van der Waals surface area contributed by atoms with E-state index < -0.39 is 13.2 Å². The lowest BCUT2D eigenvalue weighted by atomic mass is 9.94. The molecule has 0 aromatic carbocycles. The molecule has 0 radical (unpaired) electrons. The fourth-order valence-electron chi connectivity index (χ4n) is 1.84. The van der Waals surface area contributed by atoms with Crippen molar-refractivity contribution in [2.24, 2.45) is 5.92 Å². The van der Waals surface area contributed by atoms with Crippen molar-refractivity contribution in [3.63, 3.8) is 0 Å². The lowest BCUT2D eigenvalue weighted by molar-refractivity contribution is -0.122. The third-order valence-corrected chi connectivity index (χ3v) is 2.40. The van der Waals surface area contributed by atoms with E-state index in [0.717, 1.165) is 12.0 Å². The lowest BCUT2D eigenvalue weighted by Gasteiger charge is -2.21. The molecule has 2 nitrogen and oxygen atoms in total. The number of ether oxygens (including phenoxy) is 2. The number of hydrogen-bond acceptors (Lipinski definition) is 2. The van der Waals surface area contributed by atoms with Gasteiger partial charge < -0.3 is 9.47 Å². The largest absolute Gasteiger partial charge is 0.435 e. The van der Waals surface area contributed by atoms with Crippen molar-refractivity contribution < 1.29 is 27.0 Å². The maximum Gasteiger partial charge on any atom is 0.387 e. The molecule has 0 fully saturated rings. The highest BCUT2D eigenvalue weighted by atomic mass is 19.3. The Morgan fingerprint density at radius 3 is 2.17 bits per heavy atom. The van der Waals surface area contributed by atoms with Crippen molar-refractivity contribution in [2.45, 2.75) is 46.3 Å². The Morgan fingerprint density at radius 1 is 1.06 bits per heavy atom. The molecule has 104 valence electrons. The molecule has 1 aliphatic carbocycles. The van der Waals surface area contributed by atoms with Crippen LogP contribution in [0.1, 0.15) is 33.1 Å². The fourth-order valence-corrected chi connectivity index (χ4v) is 1.84. The van der Waals surface area contributed by atoms with E-state index in [1.165, 1.54) is 6.08 Å². The van der Waals surface area contributed by atoms with Crippen LogP contribution in [0.15, 0.2) is 23.2 Å². The molecule has 0 saturated heterocycles. The average molecular weight is 268 g/mol. The first-order valence-corrected chi connectivity index (χ1v) is 5.70. The Morgan fingerprint density at radius 2 is 1.67 bits per heavy atom. The third kappa shape index (κ3) is 4.98. The van der Waals surface area contributed by atoms with Crippen molar-refractivity contribution in [1.82, 2.24) is 0 Å². The molecule has 18 heavy (non-hydrogen) atoms. The van der Waals surface area contributed by atoms with Gasteiger partial charge in [-0.1, -0.05) is 19.4 Å². The van der Waals surface area contributed by atoms with Gasteiger partial charge in [0.1, 0.15) is 5.76 Å². The highest BCUT2D eigenvalue weighted by molar-refractivity contribution is 5.27. The maximum absolute atomic E-state index is 12.2. The van der Waals surface area contributed by atoms with E-state index in [-0.39, 0.29) is 17.9 Å². The van der Waals surface area contributed by atoms with Crippen LogP contribution in [-0.2, 0) is 9.47 Å². The van der Waals surface area contributed by atoms with Crippen LogP contribution in [0, 0.1) is 5.92 Å². The Hall–Kier alpha value is -1.20. The van der Waals surface area contributed by atoms with Crippen LogP contribution >= 0.6 is 0 Å². The van der Waals surface area contributed by atoms with Crippen molar-refractivity contribution in [3.05, 3.63) is 23.2 Å². The van der Waals surface area contributed by atoms with E-state index in [9.17, 15) is 17.6 Å². The first-order chi connectivity index (χ1) is 8.38. The minimum Gasteiger partial charge on any atom is -0.435 e. The second-order valence-electron chi connectivity index (χ2n) is 4.44. The summed E-state index contributed by atoms with van der Waals surface area (Å²) in [4.78, 5) is 0. The minimum atomic E-state index is -3.05. The zero-order valence-electron chi connectivity index (χ0n) is 10.3. The SMILES string of the molecule is CC(C)CC1=CC(OC(F)F)=C(OC(F)F)CC1. The summed E-state index contributed by atoms with van der Waals surface area (Å²) in [6, 6.07) is 0. The summed E-state index contributed by atoms with van der Waals surface area (Å²) in [6.07, 6.45) is 2.78. The van der Waals surface area contributed by atoms with Crippen LogP contribution in [0.25, 0.3) is 0 Å². The van der Waals surface area contributed by atoms with Crippen LogP contribution in [0.3, 0.4) is 0 Å². The zero-order chi connectivity index (χ0) is 13.7. The predicted molar refractivity (Wildman–Crippen MR) is 58.0 cm³/mol. The lowest BCUT2D eigenvalue weighted by Crippen LogP contribution is -2.11. The first-order valence-electron chi connectivity index (χ1n) is 5.70. The minimum absolute atomic E-state index is 0.158. The number of hydrogen-bond donors (Lipinski definition) is 0. The molecule has 0 atom stereocenters. The summed E-state index contributed by atoms with van der Waals surface area (Å²) >= 11 is 0. The van der Waals surface area contributed by atoms with Gasteiger partial charge >= 0.3 is 13.2 Å². The molecule has 0 heterocycles. The summed E-state index contributed by atoms with van der Waals surface area (Å²) in [5, 5.41) is 0. The molecule has 0 aromatic heterocycles. The average Bonchev–Trinajstić information content (AvgIpc) is 2.19. The molecule has 1 aliphatic rings. The molecule has 0 aromatic rings. The third-order valence-electron chi connectivity index (χ3n) is 2.40. The van der Waals surface area contributed by atoms with Crippen LogP contribution in [0.5, 0.6) is 0 Å². The summed E-state index contributed by atoms with van der Waals surface area (Å²) in [5.74, 6) is -0.133. The van der Waals surface area contributed by atoms with E-state index in [1.807, 2.05) is 13.8 Å². The monoisotopic (exact) mass is 268 g/mol. The van der Waals surface area contributed by atoms with E-state index in [0.29, 0.717) is 12.3 Å². The smallest absolute Gasteiger partial charge is 0.387 e. The van der Waals surface area contributed by atoms with Crippen molar-refractivity contribution in [1.29, 1.82) is 0 Å². The summed E-state index contributed by atoms with van der Waals surface area (Å²) < 4.78 is 57.0. The van der Waals surface area contributed by atoms with Gasteiger partial charge in [-0.05, 0) is 24.8 Å². The van der Waals surface area contributed by atoms with Gasteiger partial charge in [-0.15, -0.1) is 0 Å². The summed E-state index contributed by atoms with van der Waals surface area (Å²) in [6.45, 7) is -2.10. The highest BCUT2D eigenvalue weighted by Crippen LogP contribution is 2.31. The zero-order valence-corrected chi connectivity index (χ0v) is 10.3. The summed E-state index contributed by atoms with van der Waals surface area (Å²) in [5.41, 5.74) is 0.905. The molecular weight excluding hydrogens is 252 g/mol. The van der Waals surface area contributed by atoms with E-state index in [2.05, 4.69) is 9.47 Å². The van der Waals surface area contributed by atoms with Gasteiger partial charge in [0, 0.05) is 6.42 Å². The maximum atomic E-state index is 12.2. The van der Waals surface area contributed by atoms with Crippen molar-refractivity contribution in [3.8, 4) is 0 Å². The second-order valence-corrected chi connectivity index (χ2v) is 4.44. The Labute approximate surface area is 103 Å². The predicted octanol–water partition coefficient (Wildman–Crippen LogP) is 4.44. The molecule has 0 spiro atoms. The molecule has 0 N–H and O–H groups in total. The Bertz CT molecular complexity index is 335. The van der Waals surface area contributed by atoms with Crippen molar-refractivity contribution in [2.75, 3.05) is 0 Å². The van der Waals surface area contributed by atoms with E-state index in [4.69, 9.17) is 0 Å². The molecule has 0 saturated carbocycles. The fraction of sp³-hybridized carbons (Fsp3) is 0.667. The Balaban J connectivity index is 2.85. The number of allylic oxidation sites excluding steroid dienone is 3. The number of halogens is 4. The molecule has 0 aliphatic heterocycles. The molecule has 1 rings (SSSR count). The van der Waals surface area contributed by atoms with Crippen LogP contribution in [0.2, 0.25) is 0 Å². The van der Waals surface area contributed by atoms with Gasteiger partial charge in [-0.3, -0.25) is 0 Å². The molecule has 0 amide bonds. The molecule has 6 heteroatoms. The summed E-state index contributed by atoms with van der Waals surface area (Å²) in [7, 11) is 0. The molecular formula is C12H16F4O2. The van der Waals surface area contributed by atoms with Gasteiger partial charge in [-0.2, -0.15) is 17.6 Å². The van der Waals surface area contributed by atoms with E-state index in [1.54, 1.807) is 0 Å². The van der Waals surface area contributed by atoms with E-state index >= 15 is 0 Å². The quantitative estimate of drug-likeness (QED) is 0.663. The van der Waals surface area contributed by atoms with Crippen LogP contribution < -0.4 is 0 Å². The number of rotatable bonds is 6. The Kier molecular flexibility index (Phi) is 5.50. The van der Waals surface area contributed by atoms with Gasteiger partial charge in [-0.25, -0.2) is 0 Å². The standard InChI is InChI=1S/C12H16F4O2/c1-7(2)5-8-3-4-9(17-11(13)14)10(6-8)18-12(15)16/h6-7,11-12H,3-5H2,1-2H3. The topological polar surface area (TPSA) is 18.5 Å². The van der Waals surface area contributed by atoms with Gasteiger partial charge in [0.2, 0.25) is 0 Å². The second kappa shape index (κ2) is 6.66. The molecule has 0 bridgehead atoms. The van der Waals surface area contributed by atoms with Gasteiger partial charge in [0.15, 0.2) is 5.76 Å². The highest BCUT2D eigenvalue weighted by Gasteiger charge is 2.21. The van der Waals surface area contributed by atoms with Gasteiger partial charge in [0.25, 0.3) is 0 Å². The number of alkyl halides is 4. The van der Waals surface area contributed by atoms with Crippen LogP contribution in [0.4, 0.5) is 17.6 Å². The molecule has 0 unspecified atom stereocenters. The van der Waals surface area contributed by atoms with Crippen molar-refractivity contribution >= 4 is 0 Å². The first kappa shape index (κ1) is 14.9. The van der Waals surface area contributed by atoms with Crippen LogP contribution in [-0.4, -0.2) is 13.2 Å².